The van der Waals surface area contributed by atoms with Crippen molar-refractivity contribution in [2.75, 3.05) is 18.4 Å². The van der Waals surface area contributed by atoms with Crippen LogP contribution in [-0.2, 0) is 4.74 Å². The number of benzene rings is 1. The number of aromatic nitrogens is 2. The van der Waals surface area contributed by atoms with Crippen LogP contribution in [0.1, 0.15) is 33.6 Å². The van der Waals surface area contributed by atoms with E-state index in [2.05, 4.69) is 15.5 Å². The van der Waals surface area contributed by atoms with Crippen LogP contribution in [0.15, 0.2) is 24.3 Å². The zero-order valence-electron chi connectivity index (χ0n) is 14.8. The van der Waals surface area contributed by atoms with Gasteiger partial charge in [0.1, 0.15) is 5.60 Å². The molecule has 1 aromatic heterocycles. The van der Waals surface area contributed by atoms with E-state index in [9.17, 15) is 4.79 Å². The fourth-order valence-electron chi connectivity index (χ4n) is 2.96. The van der Waals surface area contributed by atoms with Crippen molar-refractivity contribution in [2.24, 2.45) is 0 Å². The zero-order valence-corrected chi connectivity index (χ0v) is 15.5. The highest BCUT2D eigenvalue weighted by molar-refractivity contribution is 6.34. The minimum atomic E-state index is -0.491. The first-order valence-corrected chi connectivity index (χ1v) is 8.87. The SMILES string of the molecule is CC(C)(C)OC(=O)N1CCC[C@@H](Nc2nnc(Cl)c3ccccc23)C1. The smallest absolute Gasteiger partial charge is 0.410 e. The Morgan fingerprint density at radius 1 is 1.28 bits per heavy atom. The van der Waals surface area contributed by atoms with Crippen LogP contribution in [-0.4, -0.2) is 45.9 Å². The van der Waals surface area contributed by atoms with Gasteiger partial charge in [-0.25, -0.2) is 4.79 Å². The lowest BCUT2D eigenvalue weighted by Crippen LogP contribution is -2.47. The van der Waals surface area contributed by atoms with Gasteiger partial charge in [-0.1, -0.05) is 35.9 Å². The molecule has 0 aliphatic carbocycles. The van der Waals surface area contributed by atoms with E-state index >= 15 is 0 Å². The quantitative estimate of drug-likeness (QED) is 0.871. The largest absolute Gasteiger partial charge is 0.444 e. The summed E-state index contributed by atoms with van der Waals surface area (Å²) in [6.07, 6.45) is 1.60. The summed E-state index contributed by atoms with van der Waals surface area (Å²) >= 11 is 6.13. The van der Waals surface area contributed by atoms with Gasteiger partial charge in [-0.05, 0) is 33.6 Å². The van der Waals surface area contributed by atoms with Crippen LogP contribution in [0.4, 0.5) is 10.6 Å². The van der Waals surface area contributed by atoms with E-state index in [1.54, 1.807) is 4.90 Å². The lowest BCUT2D eigenvalue weighted by atomic mass is 10.1. The van der Waals surface area contributed by atoms with Gasteiger partial charge in [-0.3, -0.25) is 0 Å². The molecule has 2 heterocycles. The number of piperidine rings is 1. The van der Waals surface area contributed by atoms with E-state index in [0.717, 1.165) is 23.6 Å². The maximum atomic E-state index is 12.3. The lowest BCUT2D eigenvalue weighted by molar-refractivity contribution is 0.0206. The topological polar surface area (TPSA) is 67.3 Å². The van der Waals surface area contributed by atoms with Gasteiger partial charge < -0.3 is 15.0 Å². The van der Waals surface area contributed by atoms with Gasteiger partial charge in [-0.2, -0.15) is 0 Å². The predicted molar refractivity (Wildman–Crippen MR) is 99.0 cm³/mol. The van der Waals surface area contributed by atoms with E-state index in [1.807, 2.05) is 45.0 Å². The van der Waals surface area contributed by atoms with Crippen LogP contribution < -0.4 is 5.32 Å². The van der Waals surface area contributed by atoms with Crippen LogP contribution in [0.3, 0.4) is 0 Å². The number of likely N-dealkylation sites (tertiary alicyclic amines) is 1. The summed E-state index contributed by atoms with van der Waals surface area (Å²) in [6, 6.07) is 7.85. The van der Waals surface area contributed by atoms with E-state index in [4.69, 9.17) is 16.3 Å². The maximum Gasteiger partial charge on any atom is 0.410 e. The van der Waals surface area contributed by atoms with Gasteiger partial charge in [0.2, 0.25) is 0 Å². The number of nitrogens with one attached hydrogen (secondary N) is 1. The second-order valence-corrected chi connectivity index (χ2v) is 7.65. The van der Waals surface area contributed by atoms with Crippen molar-refractivity contribution in [2.45, 2.75) is 45.3 Å². The van der Waals surface area contributed by atoms with Crippen LogP contribution in [0.25, 0.3) is 10.8 Å². The molecular formula is C18H23ClN4O2. The molecule has 1 fully saturated rings. The molecule has 6 nitrogen and oxygen atoms in total. The number of rotatable bonds is 2. The van der Waals surface area contributed by atoms with E-state index < -0.39 is 5.60 Å². The number of hydrogen-bond donors (Lipinski definition) is 1. The number of halogens is 1. The molecule has 25 heavy (non-hydrogen) atoms. The van der Waals surface area contributed by atoms with Gasteiger partial charge in [0.25, 0.3) is 0 Å². The molecule has 0 radical (unpaired) electrons. The molecule has 0 unspecified atom stereocenters. The average molecular weight is 363 g/mol. The third kappa shape index (κ3) is 4.31. The number of ether oxygens (including phenoxy) is 1. The van der Waals surface area contributed by atoms with Gasteiger partial charge >= 0.3 is 6.09 Å². The first-order chi connectivity index (χ1) is 11.8. The molecule has 1 N–H and O–H groups in total. The van der Waals surface area contributed by atoms with Crippen molar-refractivity contribution >= 4 is 34.3 Å². The number of nitrogens with zero attached hydrogens (tertiary/aromatic N) is 3. The summed E-state index contributed by atoms with van der Waals surface area (Å²) in [7, 11) is 0. The van der Waals surface area contributed by atoms with E-state index in [-0.39, 0.29) is 12.1 Å². The summed E-state index contributed by atoms with van der Waals surface area (Å²) in [4.78, 5) is 14.0. The molecule has 1 saturated heterocycles. The maximum absolute atomic E-state index is 12.3. The Bertz CT molecular complexity index is 775. The van der Waals surface area contributed by atoms with E-state index in [0.29, 0.717) is 24.1 Å². The second-order valence-electron chi connectivity index (χ2n) is 7.29. The van der Waals surface area contributed by atoms with Crippen LogP contribution in [0, 0.1) is 0 Å². The summed E-state index contributed by atoms with van der Waals surface area (Å²) in [5.41, 5.74) is -0.491. The van der Waals surface area contributed by atoms with Gasteiger partial charge in [0.15, 0.2) is 11.0 Å². The number of carbonyl (C=O) groups is 1. The molecule has 1 aliphatic heterocycles. The van der Waals surface area contributed by atoms with E-state index in [1.165, 1.54) is 0 Å². The molecule has 0 saturated carbocycles. The molecule has 1 aliphatic rings. The summed E-state index contributed by atoms with van der Waals surface area (Å²) in [5, 5.41) is 13.8. The standard InChI is InChI=1S/C18H23ClN4O2/c1-18(2,3)25-17(24)23-10-6-7-12(11-23)20-16-14-9-5-4-8-13(14)15(19)21-22-16/h4-5,8-9,12H,6-7,10-11H2,1-3H3,(H,20,22)/t12-/m1/s1. The van der Waals surface area contributed by atoms with Crippen molar-refractivity contribution in [1.82, 2.24) is 15.1 Å². The minimum absolute atomic E-state index is 0.0974. The Balaban J connectivity index is 1.73. The van der Waals surface area contributed by atoms with Crippen molar-refractivity contribution in [3.05, 3.63) is 29.4 Å². The van der Waals surface area contributed by atoms with Crippen molar-refractivity contribution < 1.29 is 9.53 Å². The summed E-state index contributed by atoms with van der Waals surface area (Å²) in [6.45, 7) is 6.91. The highest BCUT2D eigenvalue weighted by Crippen LogP contribution is 2.27. The normalized spacial score (nSPS) is 18.2. The number of fused-ring (bicyclic) bond motifs is 1. The van der Waals surface area contributed by atoms with Crippen LogP contribution in [0.5, 0.6) is 0 Å². The Kier molecular flexibility index (Phi) is 4.99. The Morgan fingerprint density at radius 3 is 2.72 bits per heavy atom. The molecule has 2 aromatic rings. The molecule has 0 bridgehead atoms. The molecule has 3 rings (SSSR count). The third-order valence-electron chi connectivity index (χ3n) is 4.06. The first kappa shape index (κ1) is 17.7. The number of carbonyl (C=O) groups excluding carboxylic acids is 1. The summed E-state index contributed by atoms with van der Waals surface area (Å²) in [5.74, 6) is 0.691. The van der Waals surface area contributed by atoms with Gasteiger partial charge in [0, 0.05) is 29.9 Å². The number of amides is 1. The molecule has 134 valence electrons. The highest BCUT2D eigenvalue weighted by Gasteiger charge is 2.28. The molecule has 1 atom stereocenters. The van der Waals surface area contributed by atoms with Crippen LogP contribution >= 0.6 is 11.6 Å². The van der Waals surface area contributed by atoms with Gasteiger partial charge in [-0.15, -0.1) is 10.2 Å². The molecule has 1 aromatic carbocycles. The Hall–Kier alpha value is -2.08. The summed E-state index contributed by atoms with van der Waals surface area (Å²) < 4.78 is 5.48. The number of anilines is 1. The molecular weight excluding hydrogens is 340 g/mol. The zero-order chi connectivity index (χ0) is 18.0. The van der Waals surface area contributed by atoms with Crippen molar-refractivity contribution in [1.29, 1.82) is 0 Å². The average Bonchev–Trinajstić information content (AvgIpc) is 2.56. The minimum Gasteiger partial charge on any atom is -0.444 e. The first-order valence-electron chi connectivity index (χ1n) is 8.49. The van der Waals surface area contributed by atoms with Crippen molar-refractivity contribution in [3.8, 4) is 0 Å². The predicted octanol–water partition coefficient (Wildman–Crippen LogP) is 4.09. The lowest BCUT2D eigenvalue weighted by Gasteiger charge is -2.34. The van der Waals surface area contributed by atoms with Gasteiger partial charge in [0.05, 0.1) is 0 Å². The number of hydrogen-bond acceptors (Lipinski definition) is 5. The third-order valence-corrected chi connectivity index (χ3v) is 4.34. The van der Waals surface area contributed by atoms with Crippen molar-refractivity contribution in [3.63, 3.8) is 0 Å². The Labute approximate surface area is 152 Å². The Morgan fingerprint density at radius 2 is 2.00 bits per heavy atom. The van der Waals surface area contributed by atoms with Crippen LogP contribution in [0.2, 0.25) is 5.15 Å². The molecule has 1 amide bonds. The fourth-order valence-corrected chi connectivity index (χ4v) is 3.16. The molecule has 0 spiro atoms. The fraction of sp³-hybridized carbons (Fsp3) is 0.500. The second kappa shape index (κ2) is 7.04. The highest BCUT2D eigenvalue weighted by atomic mass is 35.5. The molecule has 7 heteroatoms. The monoisotopic (exact) mass is 362 g/mol.